The summed E-state index contributed by atoms with van der Waals surface area (Å²) in [6, 6.07) is 29.6. The quantitative estimate of drug-likeness (QED) is 0.203. The fraction of sp³-hybridized carbons (Fsp3) is 0.278. The van der Waals surface area contributed by atoms with Gasteiger partial charge in [-0.3, -0.25) is 4.98 Å². The van der Waals surface area contributed by atoms with Gasteiger partial charge in [-0.25, -0.2) is 0 Å². The molecule has 2 atom stereocenters. The van der Waals surface area contributed by atoms with Gasteiger partial charge in [-0.1, -0.05) is 61.0 Å². The molecule has 2 aromatic heterocycles. The molecule has 5 nitrogen and oxygen atoms in total. The third-order valence-corrected chi connectivity index (χ3v) is 9.85. The van der Waals surface area contributed by atoms with E-state index in [1.807, 2.05) is 18.3 Å². The predicted octanol–water partition coefficient (Wildman–Crippen LogP) is 8.71. The average Bonchev–Trinajstić information content (AvgIpc) is 3.52. The highest BCUT2D eigenvalue weighted by Crippen LogP contribution is 2.45. The molecule has 4 heterocycles. The van der Waals surface area contributed by atoms with Crippen molar-refractivity contribution < 1.29 is 0 Å². The van der Waals surface area contributed by atoms with Gasteiger partial charge in [0.2, 0.25) is 0 Å². The summed E-state index contributed by atoms with van der Waals surface area (Å²) < 4.78 is 2.38. The van der Waals surface area contributed by atoms with Crippen LogP contribution in [-0.2, 0) is 0 Å². The van der Waals surface area contributed by atoms with Crippen LogP contribution in [0.5, 0.6) is 0 Å². The number of nitrogens with zero attached hydrogens (tertiary/aromatic N) is 4. The maximum atomic E-state index is 7.02. The zero-order valence-corrected chi connectivity index (χ0v) is 26.4. The molecule has 0 radical (unpaired) electrons. The predicted molar refractivity (Wildman–Crippen MR) is 183 cm³/mol. The van der Waals surface area contributed by atoms with Gasteiger partial charge in [0.1, 0.15) is 0 Å². The highest BCUT2D eigenvalue weighted by molar-refractivity contribution is 7.80. The highest BCUT2D eigenvalue weighted by atomic mass is 35.5. The first-order chi connectivity index (χ1) is 20.9. The van der Waals surface area contributed by atoms with Gasteiger partial charge in [-0.2, -0.15) is 0 Å². The Labute approximate surface area is 264 Å². The number of hydrogen-bond donors (Lipinski definition) is 1. The molecule has 5 aromatic rings. The average molecular weight is 606 g/mol. The van der Waals surface area contributed by atoms with Crippen LogP contribution < -0.4 is 15.1 Å². The Morgan fingerprint density at radius 2 is 1.65 bits per heavy atom. The van der Waals surface area contributed by atoms with Gasteiger partial charge in [0.05, 0.1) is 34.2 Å². The molecule has 1 N–H and O–H groups in total. The molecule has 2 saturated heterocycles. The van der Waals surface area contributed by atoms with Gasteiger partial charge in [-0.15, -0.1) is 0 Å². The number of benzene rings is 3. The van der Waals surface area contributed by atoms with Crippen molar-refractivity contribution >= 4 is 51.1 Å². The van der Waals surface area contributed by atoms with Crippen molar-refractivity contribution in [2.75, 3.05) is 22.9 Å². The molecular weight excluding hydrogens is 570 g/mol. The van der Waals surface area contributed by atoms with Crippen molar-refractivity contribution in [1.29, 1.82) is 0 Å². The van der Waals surface area contributed by atoms with E-state index < -0.39 is 0 Å². The zero-order chi connectivity index (χ0) is 29.7. The number of piperidine rings is 1. The monoisotopic (exact) mass is 605 g/mol. The van der Waals surface area contributed by atoms with E-state index in [0.717, 1.165) is 41.1 Å². The van der Waals surface area contributed by atoms with Crippen LogP contribution in [0.1, 0.15) is 54.5 Å². The van der Waals surface area contributed by atoms with Gasteiger partial charge in [-0.05, 0) is 98.2 Å². The Hall–Kier alpha value is -3.87. The molecule has 0 bridgehead atoms. The molecule has 2 aliphatic heterocycles. The Kier molecular flexibility index (Phi) is 7.36. The van der Waals surface area contributed by atoms with Gasteiger partial charge < -0.3 is 19.7 Å². The summed E-state index contributed by atoms with van der Waals surface area (Å²) in [6.07, 6.45) is 4.24. The Bertz CT molecular complexity index is 1800. The smallest absolute Gasteiger partial charge is 0.174 e. The summed E-state index contributed by atoms with van der Waals surface area (Å²) in [5, 5.41) is 7.51. The van der Waals surface area contributed by atoms with Crippen molar-refractivity contribution in [2.45, 2.75) is 45.7 Å². The van der Waals surface area contributed by atoms with Gasteiger partial charge in [0.15, 0.2) is 5.11 Å². The number of thiocarbonyl (C=S) groups is 1. The van der Waals surface area contributed by atoms with Crippen LogP contribution in [0.4, 0.5) is 11.4 Å². The van der Waals surface area contributed by atoms with Crippen molar-refractivity contribution in [3.8, 4) is 5.69 Å². The number of halogens is 1. The van der Waals surface area contributed by atoms with E-state index in [4.69, 9.17) is 28.8 Å². The lowest BCUT2D eigenvalue weighted by atomic mass is 9.96. The van der Waals surface area contributed by atoms with Gasteiger partial charge in [0.25, 0.3) is 0 Å². The van der Waals surface area contributed by atoms with E-state index in [1.54, 1.807) is 0 Å². The van der Waals surface area contributed by atoms with Crippen molar-refractivity contribution in [2.24, 2.45) is 5.92 Å². The minimum absolute atomic E-state index is 0.116. The third kappa shape index (κ3) is 4.96. The van der Waals surface area contributed by atoms with E-state index in [1.165, 1.54) is 46.3 Å². The second-order valence-electron chi connectivity index (χ2n) is 12.0. The van der Waals surface area contributed by atoms with E-state index >= 15 is 0 Å². The Morgan fingerprint density at radius 1 is 0.884 bits per heavy atom. The van der Waals surface area contributed by atoms with Crippen LogP contribution >= 0.6 is 23.8 Å². The normalized spacial score (nSPS) is 19.3. The minimum atomic E-state index is -0.128. The fourth-order valence-corrected chi connectivity index (χ4v) is 7.60. The molecule has 2 aliphatic rings. The summed E-state index contributed by atoms with van der Waals surface area (Å²) in [5.41, 5.74) is 7.78. The number of hydrogen-bond acceptors (Lipinski definition) is 3. The van der Waals surface area contributed by atoms with Gasteiger partial charge in [0, 0.05) is 41.7 Å². The number of aryl methyl sites for hydroxylation is 1. The maximum Gasteiger partial charge on any atom is 0.174 e. The van der Waals surface area contributed by atoms with Crippen molar-refractivity contribution in [3.05, 3.63) is 119 Å². The molecule has 0 saturated carbocycles. The number of aromatic nitrogens is 2. The lowest BCUT2D eigenvalue weighted by molar-refractivity contribution is 0.438. The lowest BCUT2D eigenvalue weighted by Crippen LogP contribution is -2.33. The zero-order valence-electron chi connectivity index (χ0n) is 24.8. The summed E-state index contributed by atoms with van der Waals surface area (Å²) in [6.45, 7) is 8.80. The maximum absolute atomic E-state index is 7.02. The van der Waals surface area contributed by atoms with Crippen LogP contribution in [0, 0.1) is 19.8 Å². The first-order valence-corrected chi connectivity index (χ1v) is 15.9. The van der Waals surface area contributed by atoms with E-state index in [-0.39, 0.29) is 12.1 Å². The van der Waals surface area contributed by atoms with Gasteiger partial charge >= 0.3 is 0 Å². The lowest BCUT2D eigenvalue weighted by Gasteiger charge is -2.33. The number of anilines is 2. The second kappa shape index (κ2) is 11.3. The Morgan fingerprint density at radius 3 is 2.42 bits per heavy atom. The SMILES string of the molecule is Cc1cc([C@@H]2[C@H](c3ccccn3)NC(=S)N2c2ccc(N3CCC(C)CC3)c(Cl)c2)c(C)n1-c1cccc2ccccc12. The first-order valence-electron chi connectivity index (χ1n) is 15.1. The highest BCUT2D eigenvalue weighted by Gasteiger charge is 2.42. The summed E-state index contributed by atoms with van der Waals surface area (Å²) in [5.74, 6) is 0.763. The van der Waals surface area contributed by atoms with Crippen molar-refractivity contribution in [1.82, 2.24) is 14.9 Å². The first kappa shape index (κ1) is 27.9. The molecule has 43 heavy (non-hydrogen) atoms. The molecular formula is C36H36ClN5S. The molecule has 0 unspecified atom stereocenters. The third-order valence-electron chi connectivity index (χ3n) is 9.23. The number of nitrogens with one attached hydrogen (secondary N) is 1. The number of rotatable bonds is 5. The summed E-state index contributed by atoms with van der Waals surface area (Å²) in [4.78, 5) is 9.42. The number of fused-ring (bicyclic) bond motifs is 1. The molecule has 7 rings (SSSR count). The molecule has 3 aromatic carbocycles. The fourth-order valence-electron chi connectivity index (χ4n) is 6.96. The van der Waals surface area contributed by atoms with Crippen LogP contribution in [0.15, 0.2) is 91.1 Å². The van der Waals surface area contributed by atoms with Crippen LogP contribution in [0.2, 0.25) is 5.02 Å². The topological polar surface area (TPSA) is 36.3 Å². The molecule has 0 spiro atoms. The molecule has 0 amide bonds. The Balaban J connectivity index is 1.34. The van der Waals surface area contributed by atoms with Crippen LogP contribution in [0.3, 0.4) is 0 Å². The van der Waals surface area contributed by atoms with Crippen molar-refractivity contribution in [3.63, 3.8) is 0 Å². The summed E-state index contributed by atoms with van der Waals surface area (Å²) in [7, 11) is 0. The van der Waals surface area contributed by atoms with E-state index in [2.05, 4.69) is 113 Å². The standard InChI is InChI=1S/C36H36ClN5S/c1-23-16-19-40(20-17-23)33-15-14-27(22-30(33)37)42-35(34(39-36(42)43)31-12-6-7-18-38-31)29-21-24(2)41(25(29)3)32-13-8-10-26-9-4-5-11-28(26)32/h4-15,18,21-23,34-35H,16-17,19-20H2,1-3H3,(H,39,43)/t34-,35+/m0/s1. The summed E-state index contributed by atoms with van der Waals surface area (Å²) >= 11 is 13.1. The molecule has 218 valence electrons. The minimum Gasteiger partial charge on any atom is -0.370 e. The van der Waals surface area contributed by atoms with E-state index in [0.29, 0.717) is 5.11 Å². The molecule has 0 aliphatic carbocycles. The second-order valence-corrected chi connectivity index (χ2v) is 12.8. The van der Waals surface area contributed by atoms with Crippen LogP contribution in [-0.4, -0.2) is 27.8 Å². The molecule has 2 fully saturated rings. The number of pyridine rings is 1. The molecule has 7 heteroatoms. The van der Waals surface area contributed by atoms with E-state index in [9.17, 15) is 0 Å². The largest absolute Gasteiger partial charge is 0.370 e. The van der Waals surface area contributed by atoms with Crippen LogP contribution in [0.25, 0.3) is 16.5 Å².